The summed E-state index contributed by atoms with van der Waals surface area (Å²) in [5.74, 6) is -2.18. The zero-order valence-electron chi connectivity index (χ0n) is 17.8. The third kappa shape index (κ3) is 3.78. The predicted molar refractivity (Wildman–Crippen MR) is 122 cm³/mol. The number of ether oxygens (including phenoxy) is 1. The molecule has 6 nitrogen and oxygen atoms in total. The van der Waals surface area contributed by atoms with Crippen LogP contribution >= 0.6 is 0 Å². The lowest BCUT2D eigenvalue weighted by Gasteiger charge is -2.14. The monoisotopic (exact) mass is 426 g/mol. The Morgan fingerprint density at radius 2 is 1.59 bits per heavy atom. The lowest BCUT2D eigenvalue weighted by molar-refractivity contribution is -0.131. The highest BCUT2D eigenvalue weighted by Gasteiger charge is 2.26. The number of Topliss-reactive ketones (excluding diaryl/α,β-unsaturated/α-hetero) is 1. The molecule has 4 aromatic rings. The summed E-state index contributed by atoms with van der Waals surface area (Å²) >= 11 is 0. The molecule has 2 N–H and O–H groups in total. The molecule has 0 aliphatic heterocycles. The summed E-state index contributed by atoms with van der Waals surface area (Å²) < 4.78 is 7.30. The van der Waals surface area contributed by atoms with Gasteiger partial charge in [-0.05, 0) is 35.7 Å². The predicted octanol–water partition coefficient (Wildman–Crippen LogP) is 4.26. The van der Waals surface area contributed by atoms with Crippen molar-refractivity contribution in [2.24, 2.45) is 5.73 Å². The summed E-state index contributed by atoms with van der Waals surface area (Å²) in [4.78, 5) is 36.2. The van der Waals surface area contributed by atoms with Crippen molar-refractivity contribution < 1.29 is 19.1 Å². The Hall–Kier alpha value is -4.19. The van der Waals surface area contributed by atoms with Crippen molar-refractivity contribution in [1.29, 1.82) is 0 Å². The topological polar surface area (TPSA) is 91.4 Å². The van der Waals surface area contributed by atoms with E-state index < -0.39 is 17.7 Å². The lowest BCUT2D eigenvalue weighted by atomic mass is 9.99. The van der Waals surface area contributed by atoms with E-state index in [2.05, 4.69) is 0 Å². The van der Waals surface area contributed by atoms with E-state index in [1.807, 2.05) is 65.2 Å². The molecular formula is C26H22N2O4. The van der Waals surface area contributed by atoms with Gasteiger partial charge >= 0.3 is 5.97 Å². The Kier molecular flexibility index (Phi) is 5.60. The Morgan fingerprint density at radius 1 is 0.906 bits per heavy atom. The average molecular weight is 426 g/mol. The first-order chi connectivity index (χ1) is 15.4. The van der Waals surface area contributed by atoms with Gasteiger partial charge in [0.25, 0.3) is 11.7 Å². The second kappa shape index (κ2) is 8.51. The Bertz CT molecular complexity index is 1350. The van der Waals surface area contributed by atoms with Crippen LogP contribution in [0.3, 0.4) is 0 Å². The van der Waals surface area contributed by atoms with Crippen LogP contribution in [0.1, 0.15) is 28.5 Å². The maximum Gasteiger partial charge on any atom is 0.308 e. The number of primary amides is 1. The smallest absolute Gasteiger partial charge is 0.308 e. The summed E-state index contributed by atoms with van der Waals surface area (Å²) in [6, 6.07) is 23.2. The van der Waals surface area contributed by atoms with E-state index in [4.69, 9.17) is 10.5 Å². The maximum absolute atomic E-state index is 12.7. The van der Waals surface area contributed by atoms with Crippen LogP contribution in [0.25, 0.3) is 22.0 Å². The first-order valence-electron chi connectivity index (χ1n) is 10.2. The number of benzene rings is 3. The van der Waals surface area contributed by atoms with E-state index in [1.165, 1.54) is 6.92 Å². The number of carbonyl (C=O) groups is 3. The number of hydrogen-bond donors (Lipinski definition) is 1. The molecular weight excluding hydrogens is 404 g/mol. The van der Waals surface area contributed by atoms with Crippen LogP contribution in [0, 0.1) is 6.92 Å². The van der Waals surface area contributed by atoms with Crippen molar-refractivity contribution in [3.8, 4) is 16.9 Å². The Labute approximate surface area is 185 Å². The minimum Gasteiger partial charge on any atom is -0.426 e. The molecule has 1 aromatic heterocycles. The average Bonchev–Trinajstić information content (AvgIpc) is 3.06. The van der Waals surface area contributed by atoms with Gasteiger partial charge in [-0.25, -0.2) is 0 Å². The molecule has 0 atom stereocenters. The highest BCUT2D eigenvalue weighted by molar-refractivity contribution is 6.45. The number of amides is 1. The van der Waals surface area contributed by atoms with Crippen molar-refractivity contribution in [3.05, 3.63) is 89.6 Å². The molecule has 1 amide bonds. The number of ketones is 1. The molecule has 3 aromatic carbocycles. The van der Waals surface area contributed by atoms with E-state index in [0.717, 1.165) is 16.7 Å². The fourth-order valence-corrected chi connectivity index (χ4v) is 4.06. The lowest BCUT2D eigenvalue weighted by Crippen LogP contribution is -2.24. The Morgan fingerprint density at radius 3 is 2.28 bits per heavy atom. The molecule has 0 spiro atoms. The molecule has 1 heterocycles. The third-order valence-corrected chi connectivity index (χ3v) is 5.45. The number of esters is 1. The summed E-state index contributed by atoms with van der Waals surface area (Å²) in [6.07, 6.45) is 0. The minimum atomic E-state index is -1.06. The van der Waals surface area contributed by atoms with Crippen molar-refractivity contribution in [1.82, 2.24) is 4.57 Å². The second-order valence-corrected chi connectivity index (χ2v) is 7.51. The molecule has 0 unspecified atom stereocenters. The summed E-state index contributed by atoms with van der Waals surface area (Å²) in [6.45, 7) is 3.50. The van der Waals surface area contributed by atoms with Gasteiger partial charge in [-0.15, -0.1) is 0 Å². The third-order valence-electron chi connectivity index (χ3n) is 5.45. The van der Waals surface area contributed by atoms with Gasteiger partial charge in [-0.3, -0.25) is 14.4 Å². The Balaban J connectivity index is 1.94. The zero-order chi connectivity index (χ0) is 22.8. The molecule has 0 bridgehead atoms. The minimum absolute atomic E-state index is 0.154. The van der Waals surface area contributed by atoms with E-state index >= 15 is 0 Å². The molecule has 0 aliphatic carbocycles. The number of carbonyl (C=O) groups excluding carboxylic acids is 3. The van der Waals surface area contributed by atoms with Crippen molar-refractivity contribution in [3.63, 3.8) is 0 Å². The van der Waals surface area contributed by atoms with Crippen LogP contribution in [-0.4, -0.2) is 22.2 Å². The van der Waals surface area contributed by atoms with Gasteiger partial charge in [0.15, 0.2) is 0 Å². The number of nitrogens with two attached hydrogens (primary N) is 1. The second-order valence-electron chi connectivity index (χ2n) is 7.51. The molecule has 0 aliphatic rings. The van der Waals surface area contributed by atoms with Crippen molar-refractivity contribution in [2.75, 3.05) is 0 Å². The highest BCUT2D eigenvalue weighted by atomic mass is 16.5. The van der Waals surface area contributed by atoms with Crippen molar-refractivity contribution >= 4 is 28.6 Å². The summed E-state index contributed by atoms with van der Waals surface area (Å²) in [5.41, 5.74) is 9.92. The molecule has 0 radical (unpaired) electrons. The fraction of sp³-hybridized carbons (Fsp3) is 0.115. The molecule has 4 rings (SSSR count). The molecule has 160 valence electrons. The number of rotatable bonds is 6. The van der Waals surface area contributed by atoms with E-state index in [0.29, 0.717) is 23.1 Å². The van der Waals surface area contributed by atoms with Gasteiger partial charge in [0.1, 0.15) is 5.75 Å². The molecule has 32 heavy (non-hydrogen) atoms. The number of aromatic nitrogens is 1. The summed E-state index contributed by atoms with van der Waals surface area (Å²) in [7, 11) is 0. The zero-order valence-corrected chi connectivity index (χ0v) is 17.8. The normalized spacial score (nSPS) is 10.8. The van der Waals surface area contributed by atoms with Crippen LogP contribution in [-0.2, 0) is 16.1 Å². The first kappa shape index (κ1) is 21.1. The fourth-order valence-electron chi connectivity index (χ4n) is 4.06. The quantitative estimate of drug-likeness (QED) is 0.216. The SMILES string of the molecule is CC(=O)Oc1cccc2c1c(C(=O)C(N)=O)c(C)n2Cc1ccccc1-c1ccccc1. The first-order valence-corrected chi connectivity index (χ1v) is 10.2. The van der Waals surface area contributed by atoms with Crippen LogP contribution in [0.2, 0.25) is 0 Å². The van der Waals surface area contributed by atoms with E-state index in [9.17, 15) is 14.4 Å². The van der Waals surface area contributed by atoms with Crippen LogP contribution in [0.4, 0.5) is 0 Å². The number of nitrogens with zero attached hydrogens (tertiary/aromatic N) is 1. The molecule has 0 saturated carbocycles. The van der Waals surface area contributed by atoms with Gasteiger partial charge in [-0.1, -0.05) is 60.7 Å². The number of hydrogen-bond acceptors (Lipinski definition) is 4. The van der Waals surface area contributed by atoms with Crippen LogP contribution in [0.15, 0.2) is 72.8 Å². The van der Waals surface area contributed by atoms with E-state index in [1.54, 1.807) is 19.1 Å². The van der Waals surface area contributed by atoms with E-state index in [-0.39, 0.29) is 11.3 Å². The van der Waals surface area contributed by atoms with Crippen molar-refractivity contribution in [2.45, 2.75) is 20.4 Å². The highest BCUT2D eigenvalue weighted by Crippen LogP contribution is 2.35. The van der Waals surface area contributed by atoms with Gasteiger partial charge in [0, 0.05) is 19.2 Å². The van der Waals surface area contributed by atoms with Gasteiger partial charge in [-0.2, -0.15) is 0 Å². The standard InChI is InChI=1S/C26H22N2O4/c1-16-23(25(30)26(27)31)24-21(13-8-14-22(24)32-17(2)29)28(16)15-19-11-6-7-12-20(19)18-9-4-3-5-10-18/h3-14H,15H2,1-2H3,(H2,27,31). The van der Waals surface area contributed by atoms with Gasteiger partial charge in [0.05, 0.1) is 16.5 Å². The molecule has 0 fully saturated rings. The van der Waals surface area contributed by atoms with Gasteiger partial charge < -0.3 is 15.0 Å². The largest absolute Gasteiger partial charge is 0.426 e. The molecule has 6 heteroatoms. The maximum atomic E-state index is 12.7. The summed E-state index contributed by atoms with van der Waals surface area (Å²) in [5, 5.41) is 0.404. The van der Waals surface area contributed by atoms with Gasteiger partial charge in [0.2, 0.25) is 0 Å². The number of fused-ring (bicyclic) bond motifs is 1. The van der Waals surface area contributed by atoms with Crippen LogP contribution < -0.4 is 10.5 Å². The molecule has 0 saturated heterocycles. The van der Waals surface area contributed by atoms with Crippen LogP contribution in [0.5, 0.6) is 5.75 Å².